The van der Waals surface area contributed by atoms with Gasteiger partial charge in [0.2, 0.25) is 17.7 Å². The molecule has 3 aromatic heterocycles. The molecule has 1 aliphatic rings. The van der Waals surface area contributed by atoms with Crippen LogP contribution in [-0.4, -0.2) is 69.4 Å². The van der Waals surface area contributed by atoms with E-state index in [-0.39, 0.29) is 30.7 Å². The van der Waals surface area contributed by atoms with Crippen LogP contribution >= 0.6 is 23.2 Å². The van der Waals surface area contributed by atoms with Gasteiger partial charge < -0.3 is 24.7 Å². The minimum absolute atomic E-state index is 0.0338. The summed E-state index contributed by atoms with van der Waals surface area (Å²) in [7, 11) is 0. The molecule has 0 saturated carbocycles. The maximum atomic E-state index is 13.2. The SMILES string of the molecule is O=C(N[C@@H](Cc1ccccn1)C(=O)NCC(=O)N1CCC(Oc2cc(Cl)ncn2)CC1)c1cc2cc(Cl)ccc2o1. The van der Waals surface area contributed by atoms with E-state index in [9.17, 15) is 14.4 Å². The van der Waals surface area contributed by atoms with Crippen molar-refractivity contribution in [1.29, 1.82) is 0 Å². The predicted molar refractivity (Wildman–Crippen MR) is 151 cm³/mol. The number of pyridine rings is 1. The Morgan fingerprint density at radius 3 is 2.63 bits per heavy atom. The molecule has 4 aromatic rings. The molecule has 0 aliphatic carbocycles. The van der Waals surface area contributed by atoms with E-state index in [1.165, 1.54) is 6.33 Å². The van der Waals surface area contributed by atoms with Crippen molar-refractivity contribution in [2.24, 2.45) is 0 Å². The van der Waals surface area contributed by atoms with Crippen LogP contribution in [0.2, 0.25) is 10.2 Å². The lowest BCUT2D eigenvalue weighted by Gasteiger charge is -2.32. The van der Waals surface area contributed by atoms with Gasteiger partial charge in [0.05, 0.1) is 6.54 Å². The Balaban J connectivity index is 1.17. The lowest BCUT2D eigenvalue weighted by molar-refractivity contribution is -0.134. The Bertz CT molecular complexity index is 1540. The number of ether oxygens (including phenoxy) is 1. The zero-order valence-electron chi connectivity index (χ0n) is 21.8. The largest absolute Gasteiger partial charge is 0.474 e. The van der Waals surface area contributed by atoms with Crippen molar-refractivity contribution in [3.8, 4) is 5.88 Å². The number of carbonyl (C=O) groups excluding carboxylic acids is 3. The van der Waals surface area contributed by atoms with Gasteiger partial charge in [-0.25, -0.2) is 9.97 Å². The van der Waals surface area contributed by atoms with Gasteiger partial charge in [0.1, 0.15) is 29.2 Å². The number of aromatic nitrogens is 3. The molecule has 4 heterocycles. The molecule has 1 atom stereocenters. The van der Waals surface area contributed by atoms with E-state index in [0.717, 1.165) is 0 Å². The lowest BCUT2D eigenvalue weighted by atomic mass is 10.1. The Hall–Kier alpha value is -4.22. The van der Waals surface area contributed by atoms with Gasteiger partial charge in [0, 0.05) is 60.7 Å². The van der Waals surface area contributed by atoms with Crippen LogP contribution in [0, 0.1) is 0 Å². The summed E-state index contributed by atoms with van der Waals surface area (Å²) in [6.07, 6.45) is 4.13. The van der Waals surface area contributed by atoms with Crippen LogP contribution in [0.5, 0.6) is 5.88 Å². The summed E-state index contributed by atoms with van der Waals surface area (Å²) < 4.78 is 11.5. The molecule has 1 fully saturated rings. The van der Waals surface area contributed by atoms with E-state index < -0.39 is 17.9 Å². The molecule has 2 N–H and O–H groups in total. The number of likely N-dealkylation sites (tertiary alicyclic amines) is 1. The highest BCUT2D eigenvalue weighted by atomic mass is 35.5. The van der Waals surface area contributed by atoms with Gasteiger partial charge in [-0.1, -0.05) is 29.3 Å². The number of hydrogen-bond acceptors (Lipinski definition) is 8. The number of fused-ring (bicyclic) bond motifs is 1. The molecule has 1 saturated heterocycles. The first-order valence-electron chi connectivity index (χ1n) is 12.9. The van der Waals surface area contributed by atoms with Crippen molar-refractivity contribution in [1.82, 2.24) is 30.5 Å². The molecule has 0 spiro atoms. The molecule has 1 aliphatic heterocycles. The Morgan fingerprint density at radius 2 is 1.88 bits per heavy atom. The van der Waals surface area contributed by atoms with Crippen LogP contribution in [0.1, 0.15) is 29.1 Å². The van der Waals surface area contributed by atoms with E-state index in [4.69, 9.17) is 32.4 Å². The number of amides is 3. The summed E-state index contributed by atoms with van der Waals surface area (Å²) in [6.45, 7) is 0.703. The molecule has 0 unspecified atom stereocenters. The fourth-order valence-electron chi connectivity index (χ4n) is 4.47. The average Bonchev–Trinajstić information content (AvgIpc) is 3.40. The van der Waals surface area contributed by atoms with Crippen molar-refractivity contribution in [3.05, 3.63) is 82.7 Å². The van der Waals surface area contributed by atoms with Crippen molar-refractivity contribution in [2.45, 2.75) is 31.4 Å². The molecule has 41 heavy (non-hydrogen) atoms. The highest BCUT2D eigenvalue weighted by Gasteiger charge is 2.27. The number of rotatable bonds is 9. The van der Waals surface area contributed by atoms with Crippen LogP contribution < -0.4 is 15.4 Å². The Morgan fingerprint density at radius 1 is 1.05 bits per heavy atom. The van der Waals surface area contributed by atoms with Gasteiger partial charge in [0.25, 0.3) is 5.91 Å². The molecule has 5 rings (SSSR count). The highest BCUT2D eigenvalue weighted by Crippen LogP contribution is 2.23. The van der Waals surface area contributed by atoms with E-state index >= 15 is 0 Å². The normalized spacial score (nSPS) is 14.4. The van der Waals surface area contributed by atoms with Crippen LogP contribution in [-0.2, 0) is 16.0 Å². The number of piperidine rings is 1. The van der Waals surface area contributed by atoms with Crippen molar-refractivity contribution in [2.75, 3.05) is 19.6 Å². The first kappa shape index (κ1) is 28.3. The second kappa shape index (κ2) is 13.0. The minimum Gasteiger partial charge on any atom is -0.474 e. The number of nitrogens with one attached hydrogen (secondary N) is 2. The van der Waals surface area contributed by atoms with Gasteiger partial charge in [-0.2, -0.15) is 0 Å². The third-order valence-corrected chi connectivity index (χ3v) is 7.01. The zero-order chi connectivity index (χ0) is 28.8. The van der Waals surface area contributed by atoms with Crippen LogP contribution in [0.25, 0.3) is 11.0 Å². The van der Waals surface area contributed by atoms with Gasteiger partial charge in [-0.05, 0) is 36.4 Å². The second-order valence-corrected chi connectivity index (χ2v) is 10.3. The smallest absolute Gasteiger partial charge is 0.287 e. The lowest BCUT2D eigenvalue weighted by Crippen LogP contribution is -2.51. The summed E-state index contributed by atoms with van der Waals surface area (Å²) in [5, 5.41) is 6.84. The Kier molecular flexibility index (Phi) is 8.95. The number of benzene rings is 1. The van der Waals surface area contributed by atoms with Crippen molar-refractivity contribution < 1.29 is 23.5 Å². The zero-order valence-corrected chi connectivity index (χ0v) is 23.3. The summed E-state index contributed by atoms with van der Waals surface area (Å²) in [6, 6.07) is 12.4. The number of furan rings is 1. The maximum Gasteiger partial charge on any atom is 0.287 e. The molecular formula is C28H26Cl2N6O5. The first-order chi connectivity index (χ1) is 19.8. The topological polar surface area (TPSA) is 140 Å². The van der Waals surface area contributed by atoms with E-state index in [1.54, 1.807) is 59.6 Å². The van der Waals surface area contributed by atoms with Crippen molar-refractivity contribution in [3.63, 3.8) is 0 Å². The standard InChI is InChI=1S/C28H26Cl2N6O5/c29-18-4-5-22-17(11-18)12-23(41-22)28(39)35-21(13-19-3-1-2-8-31-19)27(38)32-15-26(37)36-9-6-20(7-10-36)40-25-14-24(30)33-16-34-25/h1-5,8,11-12,14,16,20-21H,6-7,9-10,13,15H2,(H,32,38)(H,35,39)/t21-/m0/s1. The van der Waals surface area contributed by atoms with E-state index in [1.807, 2.05) is 0 Å². The Labute approximate surface area is 245 Å². The minimum atomic E-state index is -0.999. The summed E-state index contributed by atoms with van der Waals surface area (Å²) in [5.41, 5.74) is 1.09. The van der Waals surface area contributed by atoms with Gasteiger partial charge >= 0.3 is 0 Å². The second-order valence-electron chi connectivity index (χ2n) is 9.44. The van der Waals surface area contributed by atoms with Gasteiger partial charge in [-0.3, -0.25) is 19.4 Å². The molecule has 13 heteroatoms. The van der Waals surface area contributed by atoms with Crippen LogP contribution in [0.15, 0.2) is 65.5 Å². The monoisotopic (exact) mass is 596 g/mol. The maximum absolute atomic E-state index is 13.2. The molecule has 3 amide bonds. The van der Waals surface area contributed by atoms with Crippen LogP contribution in [0.3, 0.4) is 0 Å². The fourth-order valence-corrected chi connectivity index (χ4v) is 4.78. The van der Waals surface area contributed by atoms with Gasteiger partial charge in [-0.15, -0.1) is 0 Å². The molecule has 1 aromatic carbocycles. The molecule has 11 nitrogen and oxygen atoms in total. The molecular weight excluding hydrogens is 571 g/mol. The number of halogens is 2. The molecule has 212 valence electrons. The summed E-state index contributed by atoms with van der Waals surface area (Å²) in [4.78, 5) is 52.9. The number of hydrogen-bond donors (Lipinski definition) is 2. The predicted octanol–water partition coefficient (Wildman–Crippen LogP) is 3.45. The number of carbonyl (C=O) groups is 3. The first-order valence-corrected chi connectivity index (χ1v) is 13.7. The van der Waals surface area contributed by atoms with E-state index in [0.29, 0.717) is 58.7 Å². The number of nitrogens with zero attached hydrogens (tertiary/aromatic N) is 4. The quantitative estimate of drug-likeness (QED) is 0.280. The van der Waals surface area contributed by atoms with Gasteiger partial charge in [0.15, 0.2) is 5.76 Å². The third-order valence-electron chi connectivity index (χ3n) is 6.57. The summed E-state index contributed by atoms with van der Waals surface area (Å²) >= 11 is 11.9. The molecule has 0 radical (unpaired) electrons. The fraction of sp³-hybridized carbons (Fsp3) is 0.286. The van der Waals surface area contributed by atoms with Crippen LogP contribution in [0.4, 0.5) is 0 Å². The third kappa shape index (κ3) is 7.50. The van der Waals surface area contributed by atoms with E-state index in [2.05, 4.69) is 25.6 Å². The highest BCUT2D eigenvalue weighted by molar-refractivity contribution is 6.31. The summed E-state index contributed by atoms with van der Waals surface area (Å²) in [5.74, 6) is -0.915. The average molecular weight is 597 g/mol. The molecule has 0 bridgehead atoms. The van der Waals surface area contributed by atoms with Crippen molar-refractivity contribution >= 4 is 51.9 Å².